The summed E-state index contributed by atoms with van der Waals surface area (Å²) in [6.07, 6.45) is 0. The summed E-state index contributed by atoms with van der Waals surface area (Å²) in [5.41, 5.74) is 4.95. The molecular formula is C3H7NO5S2. The highest BCUT2D eigenvalue weighted by atomic mass is 32.2. The Morgan fingerprint density at radius 2 is 2.18 bits per heavy atom. The topological polar surface area (TPSA) is 107 Å². The smallest absolute Gasteiger partial charge is 0.335 e. The Kier molecular flexibility index (Phi) is 3.79. The summed E-state index contributed by atoms with van der Waals surface area (Å²) in [6.45, 7) is 0. The molecule has 8 heteroatoms. The number of nitrogens with two attached hydrogens (primary N) is 1. The molecule has 0 aromatic rings. The Morgan fingerprint density at radius 1 is 1.73 bits per heavy atom. The van der Waals surface area contributed by atoms with Gasteiger partial charge >= 0.3 is 5.97 Å². The van der Waals surface area contributed by atoms with E-state index in [-0.39, 0.29) is 0 Å². The maximum Gasteiger partial charge on any atom is 0.335 e. The first kappa shape index (κ1) is 10.7. The number of carbonyl (C=O) groups is 1. The van der Waals surface area contributed by atoms with Crippen molar-refractivity contribution in [3.05, 3.63) is 0 Å². The fourth-order valence-electron chi connectivity index (χ4n) is 0.363. The van der Waals surface area contributed by atoms with E-state index < -0.39 is 27.9 Å². The molecule has 1 atom stereocenters. The van der Waals surface area contributed by atoms with E-state index in [2.05, 4.69) is 17.1 Å². The Balaban J connectivity index is 4.09. The van der Waals surface area contributed by atoms with E-state index in [1.807, 2.05) is 0 Å². The molecule has 0 bridgehead atoms. The second-order valence-corrected chi connectivity index (χ2v) is 3.45. The lowest BCUT2D eigenvalue weighted by molar-refractivity contribution is -0.133. The minimum absolute atomic E-state index is 0.869. The third kappa shape index (κ3) is 5.01. The maximum atomic E-state index is 10.4. The Bertz CT molecular complexity index is 234. The van der Waals surface area contributed by atoms with E-state index in [1.54, 1.807) is 0 Å². The highest BCUT2D eigenvalue weighted by Crippen LogP contribution is 1.92. The van der Waals surface area contributed by atoms with Crippen molar-refractivity contribution in [2.45, 2.75) is 6.04 Å². The van der Waals surface area contributed by atoms with E-state index >= 15 is 0 Å². The van der Waals surface area contributed by atoms with Crippen LogP contribution in [0.25, 0.3) is 0 Å². The highest BCUT2D eigenvalue weighted by Gasteiger charge is 2.20. The average Bonchev–Trinajstić information content (AvgIpc) is 1.82. The first-order valence-electron chi connectivity index (χ1n) is 2.43. The molecule has 11 heavy (non-hydrogen) atoms. The van der Waals surface area contributed by atoms with Crippen LogP contribution < -0.4 is 5.73 Å². The van der Waals surface area contributed by atoms with Crippen LogP contribution in [-0.2, 0) is 19.1 Å². The SMILES string of the molecule is N[C@@H](CS(=O)(=O)O)C(=O)OS. The Labute approximate surface area is 69.1 Å². The molecule has 0 fully saturated rings. The first-order chi connectivity index (χ1) is 4.87. The van der Waals surface area contributed by atoms with Crippen LogP contribution in [0, 0.1) is 0 Å². The van der Waals surface area contributed by atoms with Crippen LogP contribution in [-0.4, -0.2) is 30.7 Å². The van der Waals surface area contributed by atoms with Crippen molar-refractivity contribution in [2.75, 3.05) is 5.75 Å². The van der Waals surface area contributed by atoms with Gasteiger partial charge in [-0.3, -0.25) is 4.55 Å². The normalized spacial score (nSPS) is 14.1. The van der Waals surface area contributed by atoms with E-state index in [1.165, 1.54) is 0 Å². The summed E-state index contributed by atoms with van der Waals surface area (Å²) in [6, 6.07) is -1.40. The van der Waals surface area contributed by atoms with Crippen LogP contribution >= 0.6 is 12.9 Å². The van der Waals surface area contributed by atoms with Gasteiger partial charge in [0.25, 0.3) is 10.1 Å². The maximum absolute atomic E-state index is 10.4. The summed E-state index contributed by atoms with van der Waals surface area (Å²) < 4.78 is 32.2. The molecule has 0 aliphatic carbocycles. The van der Waals surface area contributed by atoms with Crippen molar-refractivity contribution >= 4 is 29.0 Å². The number of hydrogen-bond acceptors (Lipinski definition) is 6. The lowest BCUT2D eigenvalue weighted by Gasteiger charge is -2.04. The van der Waals surface area contributed by atoms with E-state index in [0.717, 1.165) is 0 Å². The zero-order chi connectivity index (χ0) is 9.07. The van der Waals surface area contributed by atoms with Crippen molar-refractivity contribution in [3.63, 3.8) is 0 Å². The molecule has 0 aromatic carbocycles. The van der Waals surface area contributed by atoms with Gasteiger partial charge in [0.2, 0.25) is 0 Å². The van der Waals surface area contributed by atoms with Gasteiger partial charge in [0, 0.05) is 12.9 Å². The van der Waals surface area contributed by atoms with E-state index in [0.29, 0.717) is 0 Å². The van der Waals surface area contributed by atoms with Gasteiger partial charge in [0.1, 0.15) is 11.8 Å². The molecule has 6 nitrogen and oxygen atoms in total. The zero-order valence-electron chi connectivity index (χ0n) is 5.30. The van der Waals surface area contributed by atoms with Crippen LogP contribution in [0.5, 0.6) is 0 Å². The quantitative estimate of drug-likeness (QED) is 0.294. The standard InChI is InChI=1S/C3H7NO5S2/c4-2(3(5)9-10)1-11(6,7)8/h2,10H,1,4H2,(H,6,7,8)/t2-/m0/s1. The first-order valence-corrected chi connectivity index (χ1v) is 4.40. The van der Waals surface area contributed by atoms with Gasteiger partial charge in [-0.25, -0.2) is 4.79 Å². The molecule has 66 valence electrons. The van der Waals surface area contributed by atoms with Crippen LogP contribution in [0.2, 0.25) is 0 Å². The predicted molar refractivity (Wildman–Crippen MR) is 39.5 cm³/mol. The number of thiol groups is 1. The summed E-state index contributed by atoms with van der Waals surface area (Å²) in [5.74, 6) is -1.88. The molecule has 0 aromatic heterocycles. The molecule has 0 unspecified atom stereocenters. The van der Waals surface area contributed by atoms with Crippen LogP contribution in [0.15, 0.2) is 0 Å². The van der Waals surface area contributed by atoms with Crippen molar-refractivity contribution in [1.29, 1.82) is 0 Å². The van der Waals surface area contributed by atoms with Crippen molar-refractivity contribution < 1.29 is 21.9 Å². The number of carbonyl (C=O) groups excluding carboxylic acids is 1. The summed E-state index contributed by atoms with van der Waals surface area (Å²) >= 11 is 3.10. The second kappa shape index (κ2) is 3.90. The molecule has 0 spiro atoms. The zero-order valence-corrected chi connectivity index (χ0v) is 7.01. The number of rotatable bonds is 3. The molecule has 0 heterocycles. The third-order valence-electron chi connectivity index (χ3n) is 0.783. The van der Waals surface area contributed by atoms with E-state index in [4.69, 9.17) is 10.3 Å². The highest BCUT2D eigenvalue weighted by molar-refractivity contribution is 7.85. The second-order valence-electron chi connectivity index (χ2n) is 1.77. The Morgan fingerprint density at radius 3 is 2.45 bits per heavy atom. The fraction of sp³-hybridized carbons (Fsp3) is 0.667. The van der Waals surface area contributed by atoms with Gasteiger partial charge in [0.05, 0.1) is 0 Å². The lowest BCUT2D eigenvalue weighted by Crippen LogP contribution is -2.37. The monoisotopic (exact) mass is 201 g/mol. The minimum atomic E-state index is -4.24. The number of hydrogen-bond donors (Lipinski definition) is 3. The third-order valence-corrected chi connectivity index (χ3v) is 1.74. The lowest BCUT2D eigenvalue weighted by atomic mass is 10.4. The summed E-state index contributed by atoms with van der Waals surface area (Å²) in [7, 11) is -4.24. The van der Waals surface area contributed by atoms with Gasteiger partial charge < -0.3 is 9.92 Å². The van der Waals surface area contributed by atoms with Gasteiger partial charge in [-0.1, -0.05) is 0 Å². The van der Waals surface area contributed by atoms with Gasteiger partial charge in [-0.05, 0) is 0 Å². The minimum Gasteiger partial charge on any atom is -0.393 e. The molecule has 3 N–H and O–H groups in total. The summed E-state index contributed by atoms with van der Waals surface area (Å²) in [5, 5.41) is 0. The van der Waals surface area contributed by atoms with Gasteiger partial charge in [-0.15, -0.1) is 0 Å². The average molecular weight is 201 g/mol. The Hall–Kier alpha value is -0.310. The molecule has 0 saturated carbocycles. The molecule has 0 aliphatic rings. The van der Waals surface area contributed by atoms with Crippen molar-refractivity contribution in [1.82, 2.24) is 0 Å². The van der Waals surface area contributed by atoms with Crippen molar-refractivity contribution in [3.8, 4) is 0 Å². The van der Waals surface area contributed by atoms with Crippen LogP contribution in [0.1, 0.15) is 0 Å². The summed E-state index contributed by atoms with van der Waals surface area (Å²) in [4.78, 5) is 10.4. The van der Waals surface area contributed by atoms with Gasteiger partial charge in [-0.2, -0.15) is 8.42 Å². The van der Waals surface area contributed by atoms with Gasteiger partial charge in [0.15, 0.2) is 0 Å². The van der Waals surface area contributed by atoms with Crippen LogP contribution in [0.4, 0.5) is 0 Å². The van der Waals surface area contributed by atoms with Crippen molar-refractivity contribution in [2.24, 2.45) is 5.73 Å². The fourth-order valence-corrected chi connectivity index (χ4v) is 1.09. The predicted octanol–water partition coefficient (Wildman–Crippen LogP) is -1.41. The molecule has 0 amide bonds. The molecular weight excluding hydrogens is 194 g/mol. The molecule has 0 aliphatic heterocycles. The largest absolute Gasteiger partial charge is 0.393 e. The molecule has 0 rings (SSSR count). The van der Waals surface area contributed by atoms with E-state index in [9.17, 15) is 13.2 Å². The molecule has 0 saturated heterocycles. The molecule has 0 radical (unpaired) electrons. The van der Waals surface area contributed by atoms with Crippen LogP contribution in [0.3, 0.4) is 0 Å².